The summed E-state index contributed by atoms with van der Waals surface area (Å²) >= 11 is 6.70. The number of halogens is 1. The van der Waals surface area contributed by atoms with Crippen LogP contribution in [0, 0.1) is 6.92 Å². The van der Waals surface area contributed by atoms with Gasteiger partial charge in [-0.25, -0.2) is 9.97 Å². The largest absolute Gasteiger partial charge is 0.496 e. The Morgan fingerprint density at radius 3 is 2.33 bits per heavy atom. The van der Waals surface area contributed by atoms with Crippen molar-refractivity contribution in [3.63, 3.8) is 0 Å². The number of methoxy groups -OCH3 is 2. The number of nitrogens with one attached hydrogen (secondary N) is 1. The second kappa shape index (κ2) is 10.3. The molecule has 5 rings (SSSR count). The van der Waals surface area contributed by atoms with Crippen molar-refractivity contribution in [1.82, 2.24) is 14.9 Å². The fourth-order valence-corrected chi connectivity index (χ4v) is 5.35. The quantitative estimate of drug-likeness (QED) is 0.312. The van der Waals surface area contributed by atoms with Crippen molar-refractivity contribution < 1.29 is 9.47 Å². The van der Waals surface area contributed by atoms with Crippen LogP contribution in [0.5, 0.6) is 11.5 Å². The van der Waals surface area contributed by atoms with Gasteiger partial charge in [-0.15, -0.1) is 0 Å². The third kappa shape index (κ3) is 4.84. The minimum absolute atomic E-state index is 0.566. The topological polar surface area (TPSA) is 59.5 Å². The third-order valence-electron chi connectivity index (χ3n) is 7.13. The molecule has 4 aromatic rings. The van der Waals surface area contributed by atoms with E-state index in [1.54, 1.807) is 14.2 Å². The highest BCUT2D eigenvalue weighted by molar-refractivity contribution is 6.35. The first-order chi connectivity index (χ1) is 17.5. The summed E-state index contributed by atoms with van der Waals surface area (Å²) in [7, 11) is 5.44. The standard InChI is InChI=1S/C29H31ClN4O2/c1-18-24(35-3)15-25(36-4)29(30)28(18)21-6-5-20-14-27(32-17-23(20)13-21)33-26-8-7-22(16-31-26)19-9-11-34(2)12-10-19/h5-8,13-17,19H,9-12H2,1-4H3,(H,31,32,33). The molecule has 1 fully saturated rings. The van der Waals surface area contributed by atoms with E-state index >= 15 is 0 Å². The fraction of sp³-hybridized carbons (Fsp3) is 0.310. The molecule has 7 heteroatoms. The van der Waals surface area contributed by atoms with Crippen LogP contribution < -0.4 is 14.8 Å². The van der Waals surface area contributed by atoms with Crippen LogP contribution in [0.15, 0.2) is 54.9 Å². The van der Waals surface area contributed by atoms with Gasteiger partial charge in [-0.1, -0.05) is 29.8 Å². The maximum atomic E-state index is 6.70. The number of hydrogen-bond donors (Lipinski definition) is 1. The molecule has 1 N–H and O–H groups in total. The SMILES string of the molecule is COc1cc(OC)c(Cl)c(-c2ccc3cc(Nc4ccc(C5CCN(C)CC5)cn4)ncc3c2)c1C. The molecule has 36 heavy (non-hydrogen) atoms. The molecule has 1 aliphatic heterocycles. The molecule has 3 heterocycles. The lowest BCUT2D eigenvalue weighted by atomic mass is 9.91. The minimum atomic E-state index is 0.566. The van der Waals surface area contributed by atoms with E-state index in [1.165, 1.54) is 18.4 Å². The van der Waals surface area contributed by atoms with Crippen molar-refractivity contribution in [1.29, 1.82) is 0 Å². The van der Waals surface area contributed by atoms with E-state index in [9.17, 15) is 0 Å². The Morgan fingerprint density at radius 2 is 1.64 bits per heavy atom. The highest BCUT2D eigenvalue weighted by atomic mass is 35.5. The zero-order chi connectivity index (χ0) is 25.2. The fourth-order valence-electron chi connectivity index (χ4n) is 4.96. The van der Waals surface area contributed by atoms with Gasteiger partial charge < -0.3 is 19.7 Å². The van der Waals surface area contributed by atoms with Crippen LogP contribution in [0.4, 0.5) is 11.6 Å². The Morgan fingerprint density at radius 1 is 0.889 bits per heavy atom. The zero-order valence-electron chi connectivity index (χ0n) is 21.1. The van der Waals surface area contributed by atoms with Gasteiger partial charge in [0, 0.05) is 35.0 Å². The van der Waals surface area contributed by atoms with Gasteiger partial charge in [0.05, 0.1) is 19.2 Å². The normalized spacial score (nSPS) is 14.7. The predicted octanol–water partition coefficient (Wildman–Crippen LogP) is 6.83. The first-order valence-corrected chi connectivity index (χ1v) is 12.6. The van der Waals surface area contributed by atoms with Crippen LogP contribution in [0.2, 0.25) is 5.02 Å². The third-order valence-corrected chi connectivity index (χ3v) is 7.50. The number of hydrogen-bond acceptors (Lipinski definition) is 6. The molecule has 2 aromatic carbocycles. The summed E-state index contributed by atoms with van der Waals surface area (Å²) in [5, 5.41) is 6.00. The van der Waals surface area contributed by atoms with E-state index in [0.717, 1.165) is 57.9 Å². The van der Waals surface area contributed by atoms with E-state index in [4.69, 9.17) is 21.1 Å². The molecule has 0 radical (unpaired) electrons. The second-order valence-electron chi connectivity index (χ2n) is 9.41. The number of nitrogens with zero attached hydrogens (tertiary/aromatic N) is 3. The van der Waals surface area contributed by atoms with E-state index in [2.05, 4.69) is 51.5 Å². The Balaban J connectivity index is 1.38. The number of pyridine rings is 2. The molecule has 0 saturated carbocycles. The first kappa shape index (κ1) is 24.3. The summed E-state index contributed by atoms with van der Waals surface area (Å²) < 4.78 is 11.0. The van der Waals surface area contributed by atoms with E-state index < -0.39 is 0 Å². The number of aromatic nitrogens is 2. The number of piperidine rings is 1. The van der Waals surface area contributed by atoms with Gasteiger partial charge in [-0.2, -0.15) is 0 Å². The molecular weight excluding hydrogens is 472 g/mol. The molecule has 0 atom stereocenters. The van der Waals surface area contributed by atoms with Crippen LogP contribution in [-0.2, 0) is 0 Å². The van der Waals surface area contributed by atoms with Crippen LogP contribution in [0.1, 0.15) is 29.9 Å². The van der Waals surface area contributed by atoms with Crippen molar-refractivity contribution in [2.75, 3.05) is 39.7 Å². The molecule has 1 aliphatic rings. The molecular formula is C29H31ClN4O2. The smallest absolute Gasteiger partial charge is 0.141 e. The van der Waals surface area contributed by atoms with Crippen LogP contribution >= 0.6 is 11.6 Å². The molecule has 0 unspecified atom stereocenters. The molecule has 0 spiro atoms. The molecule has 186 valence electrons. The number of anilines is 2. The number of likely N-dealkylation sites (tertiary alicyclic amines) is 1. The van der Waals surface area contributed by atoms with Crippen molar-refractivity contribution in [3.05, 3.63) is 71.0 Å². The van der Waals surface area contributed by atoms with Crippen molar-refractivity contribution in [2.45, 2.75) is 25.7 Å². The van der Waals surface area contributed by atoms with Crippen LogP contribution in [-0.4, -0.2) is 49.2 Å². The summed E-state index contributed by atoms with van der Waals surface area (Å²) in [6.07, 6.45) is 6.24. The second-order valence-corrected chi connectivity index (χ2v) is 9.78. The van der Waals surface area contributed by atoms with E-state index in [-0.39, 0.29) is 0 Å². The summed E-state index contributed by atoms with van der Waals surface area (Å²) in [6, 6.07) is 14.3. The van der Waals surface area contributed by atoms with Gasteiger partial charge in [0.2, 0.25) is 0 Å². The number of ether oxygens (including phenoxy) is 2. The molecule has 2 aromatic heterocycles. The number of fused-ring (bicyclic) bond motifs is 1. The summed E-state index contributed by atoms with van der Waals surface area (Å²) in [5.41, 5.74) is 4.15. The summed E-state index contributed by atoms with van der Waals surface area (Å²) in [5.74, 6) is 3.46. The maximum absolute atomic E-state index is 6.70. The number of rotatable bonds is 6. The Labute approximate surface area is 217 Å². The Bertz CT molecular complexity index is 1350. The molecule has 1 saturated heterocycles. The van der Waals surface area contributed by atoms with E-state index in [0.29, 0.717) is 16.7 Å². The average molecular weight is 503 g/mol. The van der Waals surface area contributed by atoms with Gasteiger partial charge in [-0.05, 0) is 80.5 Å². The van der Waals surface area contributed by atoms with Crippen LogP contribution in [0.25, 0.3) is 21.9 Å². The summed E-state index contributed by atoms with van der Waals surface area (Å²) in [6.45, 7) is 4.29. The highest BCUT2D eigenvalue weighted by Crippen LogP contribution is 2.43. The van der Waals surface area contributed by atoms with Gasteiger partial charge >= 0.3 is 0 Å². The van der Waals surface area contributed by atoms with Gasteiger partial charge in [0.15, 0.2) is 0 Å². The highest BCUT2D eigenvalue weighted by Gasteiger charge is 2.19. The van der Waals surface area contributed by atoms with Crippen molar-refractivity contribution >= 4 is 34.0 Å². The lowest BCUT2D eigenvalue weighted by molar-refractivity contribution is 0.255. The Kier molecular flexibility index (Phi) is 6.99. The number of benzene rings is 2. The molecule has 0 amide bonds. The average Bonchev–Trinajstić information content (AvgIpc) is 2.90. The van der Waals surface area contributed by atoms with E-state index in [1.807, 2.05) is 37.5 Å². The predicted molar refractivity (Wildman–Crippen MR) is 147 cm³/mol. The molecule has 6 nitrogen and oxygen atoms in total. The lowest BCUT2D eigenvalue weighted by Gasteiger charge is -2.29. The minimum Gasteiger partial charge on any atom is -0.496 e. The van der Waals surface area contributed by atoms with Gasteiger partial charge in [0.25, 0.3) is 0 Å². The maximum Gasteiger partial charge on any atom is 0.141 e. The summed E-state index contributed by atoms with van der Waals surface area (Å²) in [4.78, 5) is 11.7. The zero-order valence-corrected chi connectivity index (χ0v) is 21.9. The van der Waals surface area contributed by atoms with Crippen LogP contribution in [0.3, 0.4) is 0 Å². The molecule has 0 bridgehead atoms. The first-order valence-electron chi connectivity index (χ1n) is 12.2. The van der Waals surface area contributed by atoms with Gasteiger partial charge in [-0.3, -0.25) is 0 Å². The monoisotopic (exact) mass is 502 g/mol. The lowest BCUT2D eigenvalue weighted by Crippen LogP contribution is -2.29. The molecule has 0 aliphatic carbocycles. The van der Waals surface area contributed by atoms with Gasteiger partial charge in [0.1, 0.15) is 23.1 Å². The Hall–Kier alpha value is -3.35. The van der Waals surface area contributed by atoms with Crippen molar-refractivity contribution in [2.24, 2.45) is 0 Å². The van der Waals surface area contributed by atoms with Crippen molar-refractivity contribution in [3.8, 4) is 22.6 Å².